The summed E-state index contributed by atoms with van der Waals surface area (Å²) < 4.78 is 5.35. The second kappa shape index (κ2) is 6.73. The highest BCUT2D eigenvalue weighted by Gasteiger charge is 2.47. The Morgan fingerprint density at radius 1 is 1.38 bits per heavy atom. The lowest BCUT2D eigenvalue weighted by Crippen LogP contribution is -2.62. The predicted octanol–water partition coefficient (Wildman–Crippen LogP) is 1.92. The van der Waals surface area contributed by atoms with Gasteiger partial charge in [0.25, 0.3) is 5.91 Å². The van der Waals surface area contributed by atoms with Gasteiger partial charge >= 0.3 is 0 Å². The summed E-state index contributed by atoms with van der Waals surface area (Å²) in [5, 5.41) is 9.99. The fraction of sp³-hybridized carbons (Fsp3) is 0.632. The van der Waals surface area contributed by atoms with Gasteiger partial charge in [-0.3, -0.25) is 4.79 Å². The molecule has 0 spiro atoms. The Labute approximate surface area is 144 Å². The number of amides is 1. The lowest BCUT2D eigenvalue weighted by molar-refractivity contribution is -0.0601. The molecule has 1 amide bonds. The first kappa shape index (κ1) is 17.2. The number of aliphatic hydroxyl groups excluding tert-OH is 1. The zero-order chi connectivity index (χ0) is 17.3. The quantitative estimate of drug-likeness (QED) is 0.919. The van der Waals surface area contributed by atoms with Gasteiger partial charge in [0.15, 0.2) is 0 Å². The summed E-state index contributed by atoms with van der Waals surface area (Å²) in [6.45, 7) is 4.61. The summed E-state index contributed by atoms with van der Waals surface area (Å²) in [7, 11) is 3.74. The highest BCUT2D eigenvalue weighted by Crippen LogP contribution is 2.41. The van der Waals surface area contributed by atoms with Crippen molar-refractivity contribution in [3.05, 3.63) is 29.3 Å². The third kappa shape index (κ3) is 2.91. The van der Waals surface area contributed by atoms with E-state index in [9.17, 15) is 9.90 Å². The average Bonchev–Trinajstić information content (AvgIpc) is 2.61. The number of fused-ring (bicyclic) bond motifs is 1. The molecule has 1 aromatic rings. The first-order chi connectivity index (χ1) is 11.5. The average molecular weight is 332 g/mol. The Morgan fingerprint density at radius 3 is 2.88 bits per heavy atom. The number of nitrogens with zero attached hydrogens (tertiary/aromatic N) is 2. The van der Waals surface area contributed by atoms with Crippen molar-refractivity contribution in [1.82, 2.24) is 9.80 Å². The largest absolute Gasteiger partial charge is 0.496 e. The summed E-state index contributed by atoms with van der Waals surface area (Å²) >= 11 is 0. The van der Waals surface area contributed by atoms with Crippen molar-refractivity contribution in [1.29, 1.82) is 0 Å². The van der Waals surface area contributed by atoms with E-state index in [-0.39, 0.29) is 24.0 Å². The minimum atomic E-state index is -0.0469. The Morgan fingerprint density at radius 2 is 2.17 bits per heavy atom. The highest BCUT2D eigenvalue weighted by molar-refractivity contribution is 5.94. The Balaban J connectivity index is 1.80. The zero-order valence-electron chi connectivity index (χ0n) is 14.9. The Bertz CT molecular complexity index is 619. The van der Waals surface area contributed by atoms with Gasteiger partial charge in [-0.15, -0.1) is 0 Å². The van der Waals surface area contributed by atoms with Crippen LogP contribution in [0.15, 0.2) is 18.2 Å². The topological polar surface area (TPSA) is 53.0 Å². The summed E-state index contributed by atoms with van der Waals surface area (Å²) in [6.07, 6.45) is 3.04. The number of benzene rings is 1. The molecule has 0 unspecified atom stereocenters. The predicted molar refractivity (Wildman–Crippen MR) is 93.4 cm³/mol. The van der Waals surface area contributed by atoms with E-state index < -0.39 is 0 Å². The molecular formula is C19H28N2O3. The van der Waals surface area contributed by atoms with E-state index in [4.69, 9.17) is 4.74 Å². The maximum atomic E-state index is 12.9. The smallest absolute Gasteiger partial charge is 0.254 e. The lowest BCUT2D eigenvalue weighted by Gasteiger charge is -2.53. The molecule has 0 aliphatic carbocycles. The molecule has 24 heavy (non-hydrogen) atoms. The van der Waals surface area contributed by atoms with Crippen molar-refractivity contribution in [2.75, 3.05) is 40.4 Å². The number of aliphatic hydroxyl groups is 1. The molecule has 5 heteroatoms. The third-order valence-electron chi connectivity index (χ3n) is 5.95. The second-order valence-electron chi connectivity index (χ2n) is 7.31. The monoisotopic (exact) mass is 332 g/mol. The molecule has 5 nitrogen and oxygen atoms in total. The van der Waals surface area contributed by atoms with Gasteiger partial charge in [0.1, 0.15) is 5.75 Å². The van der Waals surface area contributed by atoms with Crippen LogP contribution in [-0.4, -0.2) is 67.3 Å². The molecule has 2 aliphatic heterocycles. The normalized spacial score (nSPS) is 27.7. The number of hydrogen-bond donors (Lipinski definition) is 1. The molecule has 3 rings (SSSR count). The number of piperidine rings is 2. The zero-order valence-corrected chi connectivity index (χ0v) is 14.9. The van der Waals surface area contributed by atoms with E-state index in [0.717, 1.165) is 37.1 Å². The summed E-state index contributed by atoms with van der Waals surface area (Å²) in [4.78, 5) is 17.2. The summed E-state index contributed by atoms with van der Waals surface area (Å²) in [5.41, 5.74) is 1.65. The number of aryl methyl sites for hydroxylation is 1. The molecule has 0 aromatic heterocycles. The molecule has 0 radical (unpaired) electrons. The second-order valence-corrected chi connectivity index (χ2v) is 7.31. The van der Waals surface area contributed by atoms with E-state index in [1.54, 1.807) is 7.11 Å². The highest BCUT2D eigenvalue weighted by atomic mass is 16.5. The molecule has 0 saturated carbocycles. The van der Waals surface area contributed by atoms with Gasteiger partial charge in [-0.05, 0) is 57.5 Å². The number of hydrogen-bond acceptors (Lipinski definition) is 4. The van der Waals surface area contributed by atoms with Gasteiger partial charge in [-0.25, -0.2) is 0 Å². The maximum Gasteiger partial charge on any atom is 0.254 e. The number of ether oxygens (including phenoxy) is 1. The van der Waals surface area contributed by atoms with Gasteiger partial charge in [-0.2, -0.15) is 0 Å². The first-order valence-corrected chi connectivity index (χ1v) is 8.76. The summed E-state index contributed by atoms with van der Waals surface area (Å²) in [6, 6.07) is 5.87. The van der Waals surface area contributed by atoms with Crippen LogP contribution in [0.5, 0.6) is 5.75 Å². The number of methoxy groups -OCH3 is 1. The number of carbonyl (C=O) groups excluding carboxylic acids is 1. The molecule has 1 N–H and O–H groups in total. The van der Waals surface area contributed by atoms with Crippen LogP contribution in [-0.2, 0) is 0 Å². The van der Waals surface area contributed by atoms with Crippen LogP contribution in [0.1, 0.15) is 35.2 Å². The Kier molecular flexibility index (Phi) is 4.83. The van der Waals surface area contributed by atoms with Crippen molar-refractivity contribution in [3.8, 4) is 5.75 Å². The van der Waals surface area contributed by atoms with Gasteiger partial charge in [0.2, 0.25) is 0 Å². The fourth-order valence-corrected chi connectivity index (χ4v) is 4.34. The molecule has 2 fully saturated rings. The number of likely N-dealkylation sites (tertiary alicyclic amines) is 2. The van der Waals surface area contributed by atoms with E-state index >= 15 is 0 Å². The minimum absolute atomic E-state index is 0.0469. The van der Waals surface area contributed by atoms with Crippen LogP contribution in [0.4, 0.5) is 0 Å². The van der Waals surface area contributed by atoms with Crippen LogP contribution in [0.2, 0.25) is 0 Å². The van der Waals surface area contributed by atoms with Crippen LogP contribution in [0.3, 0.4) is 0 Å². The van der Waals surface area contributed by atoms with Crippen molar-refractivity contribution in [2.45, 2.75) is 32.2 Å². The molecule has 2 heterocycles. The van der Waals surface area contributed by atoms with Crippen LogP contribution < -0.4 is 4.74 Å². The van der Waals surface area contributed by atoms with E-state index in [1.165, 1.54) is 0 Å². The van der Waals surface area contributed by atoms with Gasteiger partial charge in [0, 0.05) is 30.1 Å². The van der Waals surface area contributed by atoms with Gasteiger partial charge in [-0.1, -0.05) is 6.07 Å². The van der Waals surface area contributed by atoms with Crippen molar-refractivity contribution >= 4 is 5.91 Å². The van der Waals surface area contributed by atoms with E-state index in [2.05, 4.69) is 11.9 Å². The van der Waals surface area contributed by atoms with Crippen molar-refractivity contribution < 1.29 is 14.6 Å². The fourth-order valence-electron chi connectivity index (χ4n) is 4.34. The van der Waals surface area contributed by atoms with E-state index in [1.807, 2.05) is 30.0 Å². The molecule has 2 aliphatic rings. The molecule has 1 aromatic carbocycles. The number of rotatable bonds is 3. The molecule has 2 saturated heterocycles. The minimum Gasteiger partial charge on any atom is -0.496 e. The molecule has 2 atom stereocenters. The third-order valence-corrected chi connectivity index (χ3v) is 5.95. The van der Waals surface area contributed by atoms with Crippen molar-refractivity contribution in [3.63, 3.8) is 0 Å². The van der Waals surface area contributed by atoms with Gasteiger partial charge < -0.3 is 19.6 Å². The van der Waals surface area contributed by atoms with Crippen LogP contribution >= 0.6 is 0 Å². The first-order valence-electron chi connectivity index (χ1n) is 8.76. The molecule has 132 valence electrons. The molecular weight excluding hydrogens is 304 g/mol. The maximum absolute atomic E-state index is 12.9. The SMILES string of the molecule is COc1cc(C(=O)N2CC[C@@]3(CO)CCCN(C)[C@@H]3C2)ccc1C. The Hall–Kier alpha value is -1.59. The number of likely N-dealkylation sites (N-methyl/N-ethyl adjacent to an activating group) is 1. The van der Waals surface area contributed by atoms with E-state index in [0.29, 0.717) is 18.7 Å². The van der Waals surface area contributed by atoms with Crippen LogP contribution in [0.25, 0.3) is 0 Å². The van der Waals surface area contributed by atoms with Crippen LogP contribution in [0, 0.1) is 12.3 Å². The standard InChI is InChI=1S/C19H28N2O3/c1-14-5-6-15(11-16(14)24-3)18(23)21-10-8-19(13-22)7-4-9-20(2)17(19)12-21/h5-6,11,17,22H,4,7-10,12-13H2,1-3H3/t17-,19-/m1/s1. The molecule has 0 bridgehead atoms. The summed E-state index contributed by atoms with van der Waals surface area (Å²) in [5.74, 6) is 0.802. The number of carbonyl (C=O) groups is 1. The lowest BCUT2D eigenvalue weighted by atomic mass is 9.69. The van der Waals surface area contributed by atoms with Crippen molar-refractivity contribution in [2.24, 2.45) is 5.41 Å². The van der Waals surface area contributed by atoms with Gasteiger partial charge in [0.05, 0.1) is 13.7 Å².